The Labute approximate surface area is 123 Å². The van der Waals surface area contributed by atoms with Gasteiger partial charge in [0.2, 0.25) is 5.82 Å². The Balaban J connectivity index is 2.22. The lowest BCUT2D eigenvalue weighted by molar-refractivity contribution is -0.385. The molecule has 0 aliphatic heterocycles. The number of hydrogen-bond acceptors (Lipinski definition) is 8. The highest BCUT2D eigenvalue weighted by Gasteiger charge is 2.13. The average Bonchev–Trinajstić information content (AvgIpc) is 2.49. The minimum Gasteiger partial charge on any atom is -0.872 e. The molecule has 0 unspecified atom stereocenters. The van der Waals surface area contributed by atoms with Crippen molar-refractivity contribution in [1.82, 2.24) is 4.98 Å². The van der Waals surface area contributed by atoms with Crippen molar-refractivity contribution in [2.45, 2.75) is 0 Å². The lowest BCUT2D eigenvalue weighted by atomic mass is 10.2. The average molecular weight is 302 g/mol. The van der Waals surface area contributed by atoms with Crippen molar-refractivity contribution in [2.75, 3.05) is 5.43 Å². The van der Waals surface area contributed by atoms with Crippen LogP contribution in [0.5, 0.6) is 5.75 Å². The van der Waals surface area contributed by atoms with Gasteiger partial charge < -0.3 is 5.11 Å². The maximum Gasteiger partial charge on any atom is 0.313 e. The summed E-state index contributed by atoms with van der Waals surface area (Å²) in [6.07, 6.45) is 2.37. The van der Waals surface area contributed by atoms with Crippen molar-refractivity contribution < 1.29 is 15.0 Å². The van der Waals surface area contributed by atoms with E-state index in [0.717, 1.165) is 24.4 Å². The van der Waals surface area contributed by atoms with Crippen LogP contribution < -0.4 is 10.5 Å². The van der Waals surface area contributed by atoms with E-state index in [1.165, 1.54) is 18.3 Å². The molecule has 112 valence electrons. The van der Waals surface area contributed by atoms with Crippen molar-refractivity contribution in [3.8, 4) is 5.75 Å². The second-order valence-electron chi connectivity index (χ2n) is 3.98. The highest BCUT2D eigenvalue weighted by molar-refractivity contribution is 5.84. The van der Waals surface area contributed by atoms with Gasteiger partial charge in [0.05, 0.1) is 16.1 Å². The van der Waals surface area contributed by atoms with Crippen LogP contribution in [0.3, 0.4) is 0 Å². The van der Waals surface area contributed by atoms with E-state index in [4.69, 9.17) is 0 Å². The summed E-state index contributed by atoms with van der Waals surface area (Å²) in [7, 11) is 0. The fourth-order valence-electron chi connectivity index (χ4n) is 1.54. The Morgan fingerprint density at radius 2 is 1.95 bits per heavy atom. The SMILES string of the molecule is O=[N+]([O-])c1ccc([O-])c(/C=N\Nc2ncccc2[N+](=O)[O-])c1. The van der Waals surface area contributed by atoms with Crippen LogP contribution in [0.2, 0.25) is 0 Å². The molecule has 0 amide bonds. The topological polar surface area (TPSA) is 147 Å². The maximum absolute atomic E-state index is 11.5. The molecule has 2 aromatic rings. The van der Waals surface area contributed by atoms with Crippen LogP contribution in [-0.4, -0.2) is 21.0 Å². The summed E-state index contributed by atoms with van der Waals surface area (Å²) < 4.78 is 0. The molecule has 10 nitrogen and oxygen atoms in total. The van der Waals surface area contributed by atoms with E-state index in [-0.39, 0.29) is 22.8 Å². The first-order valence-corrected chi connectivity index (χ1v) is 5.83. The molecular weight excluding hydrogens is 294 g/mol. The number of anilines is 1. The zero-order valence-corrected chi connectivity index (χ0v) is 10.9. The van der Waals surface area contributed by atoms with E-state index >= 15 is 0 Å². The number of nitro benzene ring substituents is 1. The zero-order chi connectivity index (χ0) is 16.1. The van der Waals surface area contributed by atoms with Crippen LogP contribution in [0.25, 0.3) is 0 Å². The fraction of sp³-hybridized carbons (Fsp3) is 0. The van der Waals surface area contributed by atoms with Crippen molar-refractivity contribution in [2.24, 2.45) is 5.10 Å². The Morgan fingerprint density at radius 3 is 2.64 bits per heavy atom. The fourth-order valence-corrected chi connectivity index (χ4v) is 1.54. The normalized spacial score (nSPS) is 10.5. The molecule has 0 bridgehead atoms. The van der Waals surface area contributed by atoms with Gasteiger partial charge in [0.15, 0.2) is 0 Å². The number of rotatable bonds is 5. The maximum atomic E-state index is 11.5. The second kappa shape index (κ2) is 6.26. The standard InChI is InChI=1S/C12H9N5O5/c18-11-4-3-9(16(19)20)6-8(11)7-14-15-12-10(17(21)22)2-1-5-13-12/h1-7,18H,(H,13,15)/p-1/b14-7-. The predicted octanol–water partition coefficient (Wildman–Crippen LogP) is 1.42. The first-order valence-electron chi connectivity index (χ1n) is 5.83. The van der Waals surface area contributed by atoms with Crippen molar-refractivity contribution in [3.05, 3.63) is 62.3 Å². The molecule has 0 saturated carbocycles. The number of nitrogens with zero attached hydrogens (tertiary/aromatic N) is 4. The van der Waals surface area contributed by atoms with Gasteiger partial charge in [-0.05, 0) is 11.6 Å². The number of hydrogen-bond donors (Lipinski definition) is 1. The van der Waals surface area contributed by atoms with Gasteiger partial charge in [-0.3, -0.25) is 25.7 Å². The molecule has 1 aromatic carbocycles. The monoisotopic (exact) mass is 302 g/mol. The van der Waals surface area contributed by atoms with Gasteiger partial charge >= 0.3 is 5.69 Å². The molecule has 0 radical (unpaired) electrons. The Bertz CT molecular complexity index is 761. The summed E-state index contributed by atoms with van der Waals surface area (Å²) in [6, 6.07) is 5.81. The van der Waals surface area contributed by atoms with E-state index in [9.17, 15) is 25.3 Å². The quantitative estimate of drug-likeness (QED) is 0.499. The zero-order valence-electron chi connectivity index (χ0n) is 10.9. The minimum atomic E-state index is -0.645. The Kier molecular flexibility index (Phi) is 4.22. The third-order valence-electron chi connectivity index (χ3n) is 2.56. The number of nitro groups is 2. The van der Waals surface area contributed by atoms with Gasteiger partial charge in [0.25, 0.3) is 5.69 Å². The molecule has 2 rings (SSSR count). The third kappa shape index (κ3) is 3.30. The molecule has 1 N–H and O–H groups in total. The van der Waals surface area contributed by atoms with Crippen LogP contribution in [0.4, 0.5) is 17.2 Å². The summed E-state index contributed by atoms with van der Waals surface area (Å²) in [5.41, 5.74) is 1.75. The Hall–Kier alpha value is -3.56. The van der Waals surface area contributed by atoms with Crippen LogP contribution >= 0.6 is 0 Å². The van der Waals surface area contributed by atoms with Crippen LogP contribution in [-0.2, 0) is 0 Å². The predicted molar refractivity (Wildman–Crippen MR) is 74.7 cm³/mol. The molecule has 1 heterocycles. The first kappa shape index (κ1) is 14.8. The molecule has 0 atom stereocenters. The van der Waals surface area contributed by atoms with E-state index in [0.29, 0.717) is 0 Å². The molecule has 1 aromatic heterocycles. The third-order valence-corrected chi connectivity index (χ3v) is 2.56. The van der Waals surface area contributed by atoms with Crippen molar-refractivity contribution >= 4 is 23.4 Å². The van der Waals surface area contributed by atoms with Crippen LogP contribution in [0.1, 0.15) is 5.56 Å². The van der Waals surface area contributed by atoms with E-state index in [2.05, 4.69) is 15.5 Å². The second-order valence-corrected chi connectivity index (χ2v) is 3.98. The lowest BCUT2D eigenvalue weighted by Gasteiger charge is -2.08. The number of benzene rings is 1. The number of pyridine rings is 1. The molecule has 0 aliphatic rings. The van der Waals surface area contributed by atoms with E-state index < -0.39 is 15.6 Å². The Morgan fingerprint density at radius 1 is 1.18 bits per heavy atom. The highest BCUT2D eigenvalue weighted by Crippen LogP contribution is 2.21. The molecule has 0 fully saturated rings. The van der Waals surface area contributed by atoms with Crippen molar-refractivity contribution in [1.29, 1.82) is 0 Å². The van der Waals surface area contributed by atoms with Gasteiger partial charge in [-0.2, -0.15) is 5.10 Å². The number of aromatic nitrogens is 1. The van der Waals surface area contributed by atoms with Gasteiger partial charge in [-0.25, -0.2) is 4.98 Å². The largest absolute Gasteiger partial charge is 0.872 e. The van der Waals surface area contributed by atoms with Gasteiger partial charge in [-0.1, -0.05) is 11.8 Å². The smallest absolute Gasteiger partial charge is 0.313 e. The molecule has 0 saturated heterocycles. The highest BCUT2D eigenvalue weighted by atomic mass is 16.6. The molecule has 22 heavy (non-hydrogen) atoms. The first-order chi connectivity index (χ1) is 10.5. The summed E-state index contributed by atoms with van der Waals surface area (Å²) in [5.74, 6) is -0.576. The van der Waals surface area contributed by atoms with Crippen LogP contribution in [0, 0.1) is 20.2 Å². The lowest BCUT2D eigenvalue weighted by Crippen LogP contribution is -2.01. The minimum absolute atomic E-state index is 0.0275. The van der Waals surface area contributed by atoms with E-state index in [1.54, 1.807) is 0 Å². The number of hydrazone groups is 1. The summed E-state index contributed by atoms with van der Waals surface area (Å²) in [4.78, 5) is 23.9. The van der Waals surface area contributed by atoms with Crippen LogP contribution in [0.15, 0.2) is 41.6 Å². The number of nitrogens with one attached hydrogen (secondary N) is 1. The van der Waals surface area contributed by atoms with Gasteiger partial charge in [0.1, 0.15) is 0 Å². The van der Waals surface area contributed by atoms with E-state index in [1.807, 2.05) is 0 Å². The van der Waals surface area contributed by atoms with Gasteiger partial charge in [-0.15, -0.1) is 0 Å². The number of non-ortho nitro benzene ring substituents is 1. The summed E-state index contributed by atoms with van der Waals surface area (Å²) >= 11 is 0. The molecule has 0 spiro atoms. The van der Waals surface area contributed by atoms with Gasteiger partial charge in [0, 0.05) is 24.4 Å². The molecule has 10 heteroatoms. The molecular formula is C12H8N5O5-. The summed E-state index contributed by atoms with van der Waals surface area (Å²) in [5, 5.41) is 36.6. The summed E-state index contributed by atoms with van der Waals surface area (Å²) in [6.45, 7) is 0. The van der Waals surface area contributed by atoms with Crippen molar-refractivity contribution in [3.63, 3.8) is 0 Å². The molecule has 0 aliphatic carbocycles.